The van der Waals surface area contributed by atoms with E-state index < -0.39 is 0 Å². The molecule has 0 aliphatic rings. The van der Waals surface area contributed by atoms with E-state index >= 15 is 0 Å². The maximum absolute atomic E-state index is 12.4. The maximum Gasteiger partial charge on any atom is 0.276 e. The van der Waals surface area contributed by atoms with Crippen molar-refractivity contribution < 1.29 is 4.79 Å². The summed E-state index contributed by atoms with van der Waals surface area (Å²) in [4.78, 5) is 13.5. The molecule has 0 aliphatic carbocycles. The summed E-state index contributed by atoms with van der Waals surface area (Å²) in [6, 6.07) is 13.6. The van der Waals surface area contributed by atoms with Gasteiger partial charge in [-0.15, -0.1) is 11.8 Å². The van der Waals surface area contributed by atoms with Crippen LogP contribution < -0.4 is 5.32 Å². The summed E-state index contributed by atoms with van der Waals surface area (Å²) in [6.45, 7) is 2.00. The number of carbonyl (C=O) groups is 1. The van der Waals surface area contributed by atoms with E-state index in [0.717, 1.165) is 27.0 Å². The number of aryl methyl sites for hydroxylation is 1. The highest BCUT2D eigenvalue weighted by molar-refractivity contribution is 7.98. The third-order valence-electron chi connectivity index (χ3n) is 3.26. The number of rotatable bonds is 3. The Morgan fingerprint density at radius 3 is 2.90 bits per heavy atom. The Morgan fingerprint density at radius 1 is 1.24 bits per heavy atom. The number of carbonyl (C=O) groups excluding carboxylic acids is 1. The van der Waals surface area contributed by atoms with Crippen molar-refractivity contribution >= 4 is 34.3 Å². The lowest BCUT2D eigenvalue weighted by Gasteiger charge is -2.05. The second-order valence-corrected chi connectivity index (χ2v) is 5.69. The Kier molecular flexibility index (Phi) is 3.66. The first-order valence-electron chi connectivity index (χ1n) is 6.57. The number of hydrogen-bond acceptors (Lipinski definition) is 3. The van der Waals surface area contributed by atoms with Crippen molar-refractivity contribution in [3.05, 3.63) is 53.7 Å². The number of benzene rings is 2. The van der Waals surface area contributed by atoms with Gasteiger partial charge in [0, 0.05) is 16.0 Å². The van der Waals surface area contributed by atoms with E-state index in [1.165, 1.54) is 0 Å². The first kappa shape index (κ1) is 13.7. The van der Waals surface area contributed by atoms with Gasteiger partial charge in [-0.1, -0.05) is 17.7 Å². The van der Waals surface area contributed by atoms with Crippen LogP contribution in [0.15, 0.2) is 47.4 Å². The molecule has 0 spiro atoms. The molecular weight excluding hydrogens is 282 g/mol. The summed E-state index contributed by atoms with van der Waals surface area (Å²) in [5.74, 6) is -0.204. The van der Waals surface area contributed by atoms with E-state index in [9.17, 15) is 4.79 Å². The van der Waals surface area contributed by atoms with Gasteiger partial charge >= 0.3 is 0 Å². The predicted octanol–water partition coefficient (Wildman–Crippen LogP) is 3.85. The molecule has 2 aromatic carbocycles. The molecule has 0 saturated heterocycles. The van der Waals surface area contributed by atoms with Crippen LogP contribution in [0.25, 0.3) is 10.9 Å². The summed E-state index contributed by atoms with van der Waals surface area (Å²) in [5, 5.41) is 10.8. The van der Waals surface area contributed by atoms with Crippen molar-refractivity contribution in [1.29, 1.82) is 0 Å². The van der Waals surface area contributed by atoms with Crippen LogP contribution in [0.3, 0.4) is 0 Å². The highest BCUT2D eigenvalue weighted by Gasteiger charge is 2.14. The number of nitrogens with one attached hydrogen (secondary N) is 2. The Bertz CT molecular complexity index is 810. The Balaban J connectivity index is 1.91. The number of amides is 1. The van der Waals surface area contributed by atoms with E-state index in [1.54, 1.807) is 11.8 Å². The molecular formula is C16H15N3OS. The number of aromatic nitrogens is 2. The van der Waals surface area contributed by atoms with Crippen LogP contribution in [0.1, 0.15) is 16.1 Å². The zero-order valence-electron chi connectivity index (χ0n) is 11.8. The molecule has 0 saturated carbocycles. The van der Waals surface area contributed by atoms with Crippen LogP contribution in [-0.2, 0) is 0 Å². The molecule has 0 bridgehead atoms. The Labute approximate surface area is 126 Å². The normalized spacial score (nSPS) is 10.8. The average Bonchev–Trinajstić information content (AvgIpc) is 2.90. The third kappa shape index (κ3) is 2.78. The third-order valence-corrected chi connectivity index (χ3v) is 3.99. The van der Waals surface area contributed by atoms with Gasteiger partial charge in [0.25, 0.3) is 5.91 Å². The van der Waals surface area contributed by atoms with Gasteiger partial charge in [0.05, 0.1) is 5.52 Å². The van der Waals surface area contributed by atoms with Crippen molar-refractivity contribution in [3.63, 3.8) is 0 Å². The number of nitrogens with zero attached hydrogens (tertiary/aromatic N) is 1. The topological polar surface area (TPSA) is 57.8 Å². The van der Waals surface area contributed by atoms with Gasteiger partial charge in [-0.05, 0) is 43.5 Å². The minimum atomic E-state index is -0.204. The lowest BCUT2D eigenvalue weighted by Crippen LogP contribution is -2.12. The molecule has 2 N–H and O–H groups in total. The highest BCUT2D eigenvalue weighted by Crippen LogP contribution is 2.21. The van der Waals surface area contributed by atoms with Crippen molar-refractivity contribution in [2.75, 3.05) is 11.6 Å². The van der Waals surface area contributed by atoms with Crippen molar-refractivity contribution in [1.82, 2.24) is 10.2 Å². The van der Waals surface area contributed by atoms with Crippen LogP contribution >= 0.6 is 11.8 Å². The van der Waals surface area contributed by atoms with Crippen LogP contribution in [-0.4, -0.2) is 22.4 Å². The van der Waals surface area contributed by atoms with Gasteiger partial charge in [0.2, 0.25) is 0 Å². The highest BCUT2D eigenvalue weighted by atomic mass is 32.2. The van der Waals surface area contributed by atoms with Gasteiger partial charge in [-0.25, -0.2) is 0 Å². The quantitative estimate of drug-likeness (QED) is 0.722. The molecule has 0 aliphatic heterocycles. The molecule has 1 heterocycles. The molecule has 1 amide bonds. The number of hydrogen-bond donors (Lipinski definition) is 2. The van der Waals surface area contributed by atoms with Crippen LogP contribution in [0.2, 0.25) is 0 Å². The summed E-state index contributed by atoms with van der Waals surface area (Å²) in [6.07, 6.45) is 2.00. The molecule has 5 heteroatoms. The molecule has 0 radical (unpaired) electrons. The Hall–Kier alpha value is -2.27. The smallest absolute Gasteiger partial charge is 0.276 e. The first-order chi connectivity index (χ1) is 10.2. The molecule has 0 atom stereocenters. The van der Waals surface area contributed by atoms with Crippen LogP contribution in [0, 0.1) is 6.92 Å². The fourth-order valence-electron chi connectivity index (χ4n) is 2.19. The largest absolute Gasteiger partial charge is 0.321 e. The molecule has 1 aromatic heterocycles. The monoisotopic (exact) mass is 297 g/mol. The van der Waals surface area contributed by atoms with Gasteiger partial charge < -0.3 is 5.32 Å². The van der Waals surface area contributed by atoms with Crippen LogP contribution in [0.5, 0.6) is 0 Å². The number of H-pyrrole nitrogens is 1. The second kappa shape index (κ2) is 5.61. The molecule has 0 unspecified atom stereocenters. The second-order valence-electron chi connectivity index (χ2n) is 4.81. The minimum Gasteiger partial charge on any atom is -0.321 e. The number of aromatic amines is 1. The average molecular weight is 297 g/mol. The fraction of sp³-hybridized carbons (Fsp3) is 0.125. The first-order valence-corrected chi connectivity index (χ1v) is 7.80. The van der Waals surface area contributed by atoms with E-state index in [1.807, 2.05) is 55.6 Å². The SMILES string of the molecule is CSc1cccc(NC(=O)c2n[nH]c3ccc(C)cc23)c1. The van der Waals surface area contributed by atoms with Gasteiger partial charge in [0.1, 0.15) is 0 Å². The Morgan fingerprint density at radius 2 is 2.10 bits per heavy atom. The number of fused-ring (bicyclic) bond motifs is 1. The lowest BCUT2D eigenvalue weighted by atomic mass is 10.1. The number of anilines is 1. The summed E-state index contributed by atoms with van der Waals surface area (Å²) < 4.78 is 0. The van der Waals surface area contributed by atoms with Crippen molar-refractivity contribution in [3.8, 4) is 0 Å². The molecule has 3 rings (SSSR count). The summed E-state index contributed by atoms with van der Waals surface area (Å²) >= 11 is 1.64. The van der Waals surface area contributed by atoms with Gasteiger partial charge in [-0.2, -0.15) is 5.10 Å². The van der Waals surface area contributed by atoms with Crippen LogP contribution in [0.4, 0.5) is 5.69 Å². The zero-order valence-corrected chi connectivity index (χ0v) is 12.6. The zero-order chi connectivity index (χ0) is 14.8. The molecule has 4 nitrogen and oxygen atoms in total. The fourth-order valence-corrected chi connectivity index (χ4v) is 2.65. The van der Waals surface area contributed by atoms with E-state index in [0.29, 0.717) is 5.69 Å². The minimum absolute atomic E-state index is 0.204. The van der Waals surface area contributed by atoms with Gasteiger partial charge in [0.15, 0.2) is 5.69 Å². The van der Waals surface area contributed by atoms with E-state index in [4.69, 9.17) is 0 Å². The van der Waals surface area contributed by atoms with E-state index in [2.05, 4.69) is 15.5 Å². The molecule has 0 fully saturated rings. The van der Waals surface area contributed by atoms with Gasteiger partial charge in [-0.3, -0.25) is 9.89 Å². The van der Waals surface area contributed by atoms with Crippen molar-refractivity contribution in [2.45, 2.75) is 11.8 Å². The maximum atomic E-state index is 12.4. The summed E-state index contributed by atoms with van der Waals surface area (Å²) in [5.41, 5.74) is 3.16. The number of thioether (sulfide) groups is 1. The molecule has 21 heavy (non-hydrogen) atoms. The molecule has 106 valence electrons. The standard InChI is InChI=1S/C16H15N3OS/c1-10-6-7-14-13(8-10)15(19-18-14)16(20)17-11-4-3-5-12(9-11)21-2/h3-9H,1-2H3,(H,17,20)(H,18,19). The van der Waals surface area contributed by atoms with E-state index in [-0.39, 0.29) is 5.91 Å². The predicted molar refractivity (Wildman–Crippen MR) is 87.0 cm³/mol. The summed E-state index contributed by atoms with van der Waals surface area (Å²) in [7, 11) is 0. The lowest BCUT2D eigenvalue weighted by molar-refractivity contribution is 0.102. The molecule has 3 aromatic rings. The van der Waals surface area contributed by atoms with Crippen molar-refractivity contribution in [2.24, 2.45) is 0 Å².